The maximum atomic E-state index is 12.8. The summed E-state index contributed by atoms with van der Waals surface area (Å²) in [6, 6.07) is 13.5. The lowest BCUT2D eigenvalue weighted by Crippen LogP contribution is -2.49. The van der Waals surface area contributed by atoms with E-state index in [1.54, 1.807) is 13.4 Å². The predicted molar refractivity (Wildman–Crippen MR) is 107 cm³/mol. The van der Waals surface area contributed by atoms with Gasteiger partial charge in [-0.05, 0) is 24.3 Å². The van der Waals surface area contributed by atoms with Gasteiger partial charge in [0, 0.05) is 43.2 Å². The fourth-order valence-electron chi connectivity index (χ4n) is 3.51. The van der Waals surface area contributed by atoms with Gasteiger partial charge in [-0.15, -0.1) is 0 Å². The Hall–Kier alpha value is -2.66. The number of hydrogen-bond donors (Lipinski definition) is 0. The third-order valence-corrected chi connectivity index (χ3v) is 5.35. The molecule has 3 aromatic rings. The van der Waals surface area contributed by atoms with Gasteiger partial charge in [-0.1, -0.05) is 23.7 Å². The molecule has 0 bridgehead atoms. The average molecular weight is 385 g/mol. The number of rotatable bonds is 4. The summed E-state index contributed by atoms with van der Waals surface area (Å²) in [6.07, 6.45) is 2.01. The van der Waals surface area contributed by atoms with E-state index in [1.807, 2.05) is 47.4 Å². The zero-order valence-electron chi connectivity index (χ0n) is 15.2. The molecular weight excluding hydrogens is 364 g/mol. The van der Waals surface area contributed by atoms with Crippen LogP contribution in [0.5, 0.6) is 5.75 Å². The molecule has 0 atom stereocenters. The lowest BCUT2D eigenvalue weighted by Gasteiger charge is -2.36. The average Bonchev–Trinajstić information content (AvgIpc) is 3.10. The van der Waals surface area contributed by atoms with Crippen LogP contribution < -0.4 is 9.64 Å². The summed E-state index contributed by atoms with van der Waals surface area (Å²) in [5, 5.41) is 1.71. The Kier molecular flexibility index (Phi) is 4.94. The normalized spacial score (nSPS) is 14.6. The molecule has 1 fully saturated rings. The van der Waals surface area contributed by atoms with E-state index in [4.69, 9.17) is 20.8 Å². The van der Waals surface area contributed by atoms with E-state index in [2.05, 4.69) is 4.90 Å². The minimum atomic E-state index is 0.118. The van der Waals surface area contributed by atoms with Crippen molar-refractivity contribution < 1.29 is 13.9 Å². The highest BCUT2D eigenvalue weighted by atomic mass is 35.5. The SMILES string of the molecule is COc1ccc2c(CC(=O)N3CCN(c4ccccc4Cl)CC3)coc2c1. The minimum absolute atomic E-state index is 0.118. The van der Waals surface area contributed by atoms with Gasteiger partial charge < -0.3 is 19.0 Å². The summed E-state index contributed by atoms with van der Waals surface area (Å²) in [4.78, 5) is 16.9. The zero-order chi connectivity index (χ0) is 18.8. The van der Waals surface area contributed by atoms with Crippen molar-refractivity contribution in [1.82, 2.24) is 4.90 Å². The molecule has 0 unspecified atom stereocenters. The van der Waals surface area contributed by atoms with Gasteiger partial charge in [0.1, 0.15) is 11.3 Å². The summed E-state index contributed by atoms with van der Waals surface area (Å²) in [7, 11) is 1.62. The number of ether oxygens (including phenoxy) is 1. The maximum absolute atomic E-state index is 12.8. The number of benzene rings is 2. The second-order valence-electron chi connectivity index (χ2n) is 6.62. The molecule has 27 heavy (non-hydrogen) atoms. The van der Waals surface area contributed by atoms with Gasteiger partial charge in [-0.3, -0.25) is 4.79 Å². The Labute approximate surface area is 163 Å². The number of piperazine rings is 1. The van der Waals surface area contributed by atoms with Gasteiger partial charge in [0.05, 0.1) is 30.5 Å². The quantitative estimate of drug-likeness (QED) is 0.682. The van der Waals surface area contributed by atoms with Gasteiger partial charge in [-0.25, -0.2) is 0 Å². The first-order chi connectivity index (χ1) is 13.2. The van der Waals surface area contributed by atoms with E-state index in [1.165, 1.54) is 0 Å². The van der Waals surface area contributed by atoms with Crippen molar-refractivity contribution in [1.29, 1.82) is 0 Å². The van der Waals surface area contributed by atoms with E-state index >= 15 is 0 Å². The van der Waals surface area contributed by atoms with E-state index < -0.39 is 0 Å². The van der Waals surface area contributed by atoms with Gasteiger partial charge in [-0.2, -0.15) is 0 Å². The van der Waals surface area contributed by atoms with Crippen LogP contribution in [0.2, 0.25) is 5.02 Å². The number of carbonyl (C=O) groups is 1. The third-order valence-electron chi connectivity index (χ3n) is 5.03. The molecule has 6 heteroatoms. The number of halogens is 1. The third kappa shape index (κ3) is 3.60. The molecule has 2 aromatic carbocycles. The Bertz CT molecular complexity index is 961. The highest BCUT2D eigenvalue weighted by Crippen LogP contribution is 2.28. The van der Waals surface area contributed by atoms with Gasteiger partial charge in [0.25, 0.3) is 0 Å². The number of hydrogen-bond acceptors (Lipinski definition) is 4. The predicted octanol–water partition coefficient (Wildman–Crippen LogP) is 3.99. The summed E-state index contributed by atoms with van der Waals surface area (Å²) in [5.41, 5.74) is 2.67. The first-order valence-electron chi connectivity index (χ1n) is 8.97. The number of methoxy groups -OCH3 is 1. The van der Waals surface area contributed by atoms with Gasteiger partial charge in [0.2, 0.25) is 5.91 Å². The molecule has 1 amide bonds. The van der Waals surface area contributed by atoms with Crippen molar-refractivity contribution in [3.8, 4) is 5.75 Å². The molecule has 0 aliphatic carbocycles. The van der Waals surface area contributed by atoms with Crippen LogP contribution in [0, 0.1) is 0 Å². The smallest absolute Gasteiger partial charge is 0.227 e. The van der Waals surface area contributed by atoms with Gasteiger partial charge in [0.15, 0.2) is 0 Å². The Balaban J connectivity index is 1.41. The molecule has 1 aromatic heterocycles. The van der Waals surface area contributed by atoms with Crippen molar-refractivity contribution in [2.75, 3.05) is 38.2 Å². The lowest BCUT2D eigenvalue weighted by molar-refractivity contribution is -0.130. The molecule has 0 radical (unpaired) electrons. The van der Waals surface area contributed by atoms with Crippen LogP contribution in [0.1, 0.15) is 5.56 Å². The number of nitrogens with zero attached hydrogens (tertiary/aromatic N) is 2. The van der Waals surface area contributed by atoms with E-state index in [0.29, 0.717) is 19.5 Å². The second kappa shape index (κ2) is 7.53. The van der Waals surface area contributed by atoms with Crippen LogP contribution in [-0.2, 0) is 11.2 Å². The molecule has 4 rings (SSSR count). The molecular formula is C21H21ClN2O3. The van der Waals surface area contributed by atoms with Crippen LogP contribution in [0.15, 0.2) is 53.1 Å². The van der Waals surface area contributed by atoms with Crippen LogP contribution in [-0.4, -0.2) is 44.1 Å². The summed E-state index contributed by atoms with van der Waals surface area (Å²) in [5.74, 6) is 0.859. The monoisotopic (exact) mass is 384 g/mol. The molecule has 0 saturated carbocycles. The number of anilines is 1. The fraction of sp³-hybridized carbons (Fsp3) is 0.286. The van der Waals surface area contributed by atoms with Crippen molar-refractivity contribution in [3.05, 3.63) is 59.3 Å². The summed E-state index contributed by atoms with van der Waals surface area (Å²) < 4.78 is 10.8. The largest absolute Gasteiger partial charge is 0.497 e. The van der Waals surface area contributed by atoms with Crippen LogP contribution in [0.3, 0.4) is 0 Å². The van der Waals surface area contributed by atoms with Crippen LogP contribution >= 0.6 is 11.6 Å². The van der Waals surface area contributed by atoms with Crippen molar-refractivity contribution >= 4 is 34.2 Å². The van der Waals surface area contributed by atoms with E-state index in [9.17, 15) is 4.79 Å². The van der Waals surface area contributed by atoms with E-state index in [-0.39, 0.29) is 5.91 Å². The Morgan fingerprint density at radius 2 is 1.93 bits per heavy atom. The van der Waals surface area contributed by atoms with Crippen molar-refractivity contribution in [3.63, 3.8) is 0 Å². The summed E-state index contributed by atoms with van der Waals surface area (Å²) in [6.45, 7) is 2.93. The minimum Gasteiger partial charge on any atom is -0.497 e. The molecule has 1 aliphatic heterocycles. The Morgan fingerprint density at radius 3 is 2.67 bits per heavy atom. The van der Waals surface area contributed by atoms with Crippen molar-refractivity contribution in [2.24, 2.45) is 0 Å². The zero-order valence-corrected chi connectivity index (χ0v) is 15.9. The molecule has 0 spiro atoms. The van der Waals surface area contributed by atoms with Crippen LogP contribution in [0.25, 0.3) is 11.0 Å². The van der Waals surface area contributed by atoms with E-state index in [0.717, 1.165) is 46.1 Å². The molecule has 5 nitrogen and oxygen atoms in total. The standard InChI is InChI=1S/C21H21ClN2O3/c1-26-16-6-7-17-15(14-27-20(17)13-16)12-21(25)24-10-8-23(9-11-24)19-5-3-2-4-18(19)22/h2-7,13-14H,8-12H2,1H3. The highest BCUT2D eigenvalue weighted by molar-refractivity contribution is 6.33. The maximum Gasteiger partial charge on any atom is 0.227 e. The lowest BCUT2D eigenvalue weighted by atomic mass is 10.1. The summed E-state index contributed by atoms with van der Waals surface area (Å²) >= 11 is 6.29. The molecule has 1 saturated heterocycles. The topological polar surface area (TPSA) is 45.9 Å². The first-order valence-corrected chi connectivity index (χ1v) is 9.35. The number of furan rings is 1. The number of amides is 1. The van der Waals surface area contributed by atoms with Crippen LogP contribution in [0.4, 0.5) is 5.69 Å². The number of fused-ring (bicyclic) bond motifs is 1. The molecule has 140 valence electrons. The fourth-order valence-corrected chi connectivity index (χ4v) is 3.76. The number of para-hydroxylation sites is 1. The molecule has 0 N–H and O–H groups in total. The second-order valence-corrected chi connectivity index (χ2v) is 7.03. The molecule has 2 heterocycles. The Morgan fingerprint density at radius 1 is 1.15 bits per heavy atom. The highest BCUT2D eigenvalue weighted by Gasteiger charge is 2.23. The van der Waals surface area contributed by atoms with Crippen molar-refractivity contribution in [2.45, 2.75) is 6.42 Å². The molecule has 1 aliphatic rings. The number of carbonyl (C=O) groups excluding carboxylic acids is 1. The van der Waals surface area contributed by atoms with Gasteiger partial charge >= 0.3 is 0 Å². The first kappa shape index (κ1) is 17.7.